The van der Waals surface area contributed by atoms with Crippen molar-refractivity contribution >= 4 is 11.8 Å². The first kappa shape index (κ1) is 18.5. The molecule has 0 aromatic heterocycles. The van der Waals surface area contributed by atoms with Gasteiger partial charge in [0, 0.05) is 45.8 Å². The predicted octanol–water partition coefficient (Wildman–Crippen LogP) is 2.37. The molecule has 1 aromatic rings. The standard InChI is InChI=1S/C22H31N3O2/c1-18-6-5-11-25(16-18)21(27)22(9-10-22)20(26)24-14-12-23(13-15-24)17-19-7-3-2-4-8-19/h2-4,7-8,18H,5-6,9-17H2,1H3. The second kappa shape index (κ2) is 7.63. The Kier molecular flexibility index (Phi) is 5.22. The normalized spacial score (nSPS) is 25.3. The molecule has 2 amide bonds. The molecule has 3 fully saturated rings. The highest BCUT2D eigenvalue weighted by molar-refractivity contribution is 6.07. The number of piperidine rings is 1. The monoisotopic (exact) mass is 369 g/mol. The minimum Gasteiger partial charge on any atom is -0.342 e. The van der Waals surface area contributed by atoms with Gasteiger partial charge in [-0.2, -0.15) is 0 Å². The second-order valence-electron chi connectivity index (χ2n) is 8.63. The van der Waals surface area contributed by atoms with E-state index in [4.69, 9.17) is 0 Å². The van der Waals surface area contributed by atoms with E-state index >= 15 is 0 Å². The molecule has 146 valence electrons. The molecule has 2 aliphatic heterocycles. The molecular weight excluding hydrogens is 338 g/mol. The second-order valence-corrected chi connectivity index (χ2v) is 8.63. The maximum atomic E-state index is 13.2. The first-order valence-electron chi connectivity index (χ1n) is 10.4. The molecule has 0 radical (unpaired) electrons. The molecule has 1 saturated carbocycles. The Morgan fingerprint density at radius 3 is 2.26 bits per heavy atom. The van der Waals surface area contributed by atoms with Crippen molar-refractivity contribution in [3.8, 4) is 0 Å². The van der Waals surface area contributed by atoms with Gasteiger partial charge in [-0.1, -0.05) is 37.3 Å². The Balaban J connectivity index is 1.33. The lowest BCUT2D eigenvalue weighted by Crippen LogP contribution is -2.54. The van der Waals surface area contributed by atoms with Crippen LogP contribution in [-0.4, -0.2) is 65.8 Å². The van der Waals surface area contributed by atoms with E-state index in [2.05, 4.69) is 36.1 Å². The summed E-state index contributed by atoms with van der Waals surface area (Å²) in [5.74, 6) is 0.742. The molecule has 2 saturated heterocycles. The highest BCUT2D eigenvalue weighted by Gasteiger charge is 2.59. The van der Waals surface area contributed by atoms with Crippen LogP contribution in [-0.2, 0) is 16.1 Å². The first-order valence-corrected chi connectivity index (χ1v) is 10.4. The zero-order chi connectivity index (χ0) is 18.9. The Morgan fingerprint density at radius 2 is 1.63 bits per heavy atom. The summed E-state index contributed by atoms with van der Waals surface area (Å²) in [4.78, 5) is 32.6. The van der Waals surface area contributed by atoms with Crippen molar-refractivity contribution in [2.24, 2.45) is 11.3 Å². The van der Waals surface area contributed by atoms with Crippen LogP contribution >= 0.6 is 0 Å². The third-order valence-corrected chi connectivity index (χ3v) is 6.42. The van der Waals surface area contributed by atoms with Crippen molar-refractivity contribution in [1.29, 1.82) is 0 Å². The molecule has 1 unspecified atom stereocenters. The van der Waals surface area contributed by atoms with Crippen molar-refractivity contribution in [2.75, 3.05) is 39.3 Å². The van der Waals surface area contributed by atoms with E-state index in [1.807, 2.05) is 15.9 Å². The smallest absolute Gasteiger partial charge is 0.238 e. The number of likely N-dealkylation sites (tertiary alicyclic amines) is 1. The van der Waals surface area contributed by atoms with E-state index in [-0.39, 0.29) is 11.8 Å². The van der Waals surface area contributed by atoms with E-state index in [1.165, 1.54) is 12.0 Å². The maximum absolute atomic E-state index is 13.2. The van der Waals surface area contributed by atoms with Crippen LogP contribution in [0.25, 0.3) is 0 Å². The minimum absolute atomic E-state index is 0.0880. The van der Waals surface area contributed by atoms with Crippen molar-refractivity contribution in [2.45, 2.75) is 39.2 Å². The molecule has 1 atom stereocenters. The number of carbonyl (C=O) groups excluding carboxylic acids is 2. The van der Waals surface area contributed by atoms with Crippen molar-refractivity contribution in [1.82, 2.24) is 14.7 Å². The van der Waals surface area contributed by atoms with Crippen LogP contribution in [0, 0.1) is 11.3 Å². The summed E-state index contributed by atoms with van der Waals surface area (Å²) in [7, 11) is 0. The third-order valence-electron chi connectivity index (χ3n) is 6.42. The Hall–Kier alpha value is -1.88. The van der Waals surface area contributed by atoms with Gasteiger partial charge in [0.2, 0.25) is 11.8 Å². The van der Waals surface area contributed by atoms with Crippen molar-refractivity contribution in [3.63, 3.8) is 0 Å². The van der Waals surface area contributed by atoms with Crippen molar-refractivity contribution in [3.05, 3.63) is 35.9 Å². The zero-order valence-corrected chi connectivity index (χ0v) is 16.4. The number of nitrogens with zero attached hydrogens (tertiary/aromatic N) is 3. The Bertz CT molecular complexity index is 678. The van der Waals surface area contributed by atoms with Crippen LogP contribution in [0.15, 0.2) is 30.3 Å². The SMILES string of the molecule is CC1CCCN(C(=O)C2(C(=O)N3CCN(Cc4ccccc4)CC3)CC2)C1. The van der Waals surface area contributed by atoms with Crippen LogP contribution in [0.5, 0.6) is 0 Å². The molecule has 4 rings (SSSR count). The van der Waals surface area contributed by atoms with E-state index in [9.17, 15) is 9.59 Å². The quantitative estimate of drug-likeness (QED) is 0.766. The van der Waals surface area contributed by atoms with Gasteiger partial charge in [-0.15, -0.1) is 0 Å². The fraction of sp³-hybridized carbons (Fsp3) is 0.636. The lowest BCUT2D eigenvalue weighted by Gasteiger charge is -2.38. The molecule has 2 heterocycles. The van der Waals surface area contributed by atoms with Crippen LogP contribution < -0.4 is 0 Å². The number of rotatable bonds is 4. The Morgan fingerprint density at radius 1 is 0.963 bits per heavy atom. The van der Waals surface area contributed by atoms with E-state index in [0.717, 1.165) is 65.1 Å². The van der Waals surface area contributed by atoms with Gasteiger partial charge < -0.3 is 9.80 Å². The fourth-order valence-electron chi connectivity index (χ4n) is 4.57. The first-order chi connectivity index (χ1) is 13.1. The molecule has 0 N–H and O–H groups in total. The Labute approximate surface area is 162 Å². The van der Waals surface area contributed by atoms with Gasteiger partial charge in [-0.05, 0) is 37.2 Å². The van der Waals surface area contributed by atoms with Crippen LogP contribution in [0.3, 0.4) is 0 Å². The molecular formula is C22H31N3O2. The lowest BCUT2D eigenvalue weighted by atomic mass is 9.96. The fourth-order valence-corrected chi connectivity index (χ4v) is 4.57. The highest BCUT2D eigenvalue weighted by atomic mass is 16.2. The summed E-state index contributed by atoms with van der Waals surface area (Å²) < 4.78 is 0. The average molecular weight is 370 g/mol. The molecule has 27 heavy (non-hydrogen) atoms. The summed E-state index contributed by atoms with van der Waals surface area (Å²) in [6.45, 7) is 8.00. The van der Waals surface area contributed by atoms with Gasteiger partial charge in [0.25, 0.3) is 0 Å². The summed E-state index contributed by atoms with van der Waals surface area (Å²) in [6, 6.07) is 10.5. The largest absolute Gasteiger partial charge is 0.342 e. The van der Waals surface area contributed by atoms with Gasteiger partial charge in [0.1, 0.15) is 5.41 Å². The average Bonchev–Trinajstić information content (AvgIpc) is 3.50. The van der Waals surface area contributed by atoms with Gasteiger partial charge in [0.05, 0.1) is 0 Å². The number of piperazine rings is 1. The van der Waals surface area contributed by atoms with E-state index < -0.39 is 5.41 Å². The topological polar surface area (TPSA) is 43.9 Å². The van der Waals surface area contributed by atoms with Crippen LogP contribution in [0.2, 0.25) is 0 Å². The number of hydrogen-bond acceptors (Lipinski definition) is 3. The number of amides is 2. The summed E-state index contributed by atoms with van der Waals surface area (Å²) in [5.41, 5.74) is 0.587. The molecule has 1 aliphatic carbocycles. The van der Waals surface area contributed by atoms with Crippen molar-refractivity contribution < 1.29 is 9.59 Å². The van der Waals surface area contributed by atoms with E-state index in [1.54, 1.807) is 0 Å². The maximum Gasteiger partial charge on any atom is 0.238 e. The van der Waals surface area contributed by atoms with Gasteiger partial charge in [-0.25, -0.2) is 0 Å². The lowest BCUT2D eigenvalue weighted by molar-refractivity contribution is -0.151. The molecule has 0 spiro atoms. The third kappa shape index (κ3) is 3.88. The molecule has 5 nitrogen and oxygen atoms in total. The summed E-state index contributed by atoms with van der Waals surface area (Å²) in [6.07, 6.45) is 3.73. The molecule has 5 heteroatoms. The van der Waals surface area contributed by atoms with Gasteiger partial charge in [-0.3, -0.25) is 14.5 Å². The minimum atomic E-state index is -0.724. The van der Waals surface area contributed by atoms with Crippen LogP contribution in [0.4, 0.5) is 0 Å². The zero-order valence-electron chi connectivity index (χ0n) is 16.4. The number of carbonyl (C=O) groups is 2. The van der Waals surface area contributed by atoms with Gasteiger partial charge in [0.15, 0.2) is 0 Å². The predicted molar refractivity (Wildman–Crippen MR) is 105 cm³/mol. The molecule has 0 bridgehead atoms. The molecule has 1 aromatic carbocycles. The number of benzene rings is 1. The number of hydrogen-bond donors (Lipinski definition) is 0. The van der Waals surface area contributed by atoms with Crippen LogP contribution in [0.1, 0.15) is 38.2 Å². The summed E-state index contributed by atoms with van der Waals surface area (Å²) in [5, 5.41) is 0. The van der Waals surface area contributed by atoms with Gasteiger partial charge >= 0.3 is 0 Å². The highest BCUT2D eigenvalue weighted by Crippen LogP contribution is 2.49. The molecule has 3 aliphatic rings. The van der Waals surface area contributed by atoms with E-state index in [0.29, 0.717) is 5.92 Å². The summed E-state index contributed by atoms with van der Waals surface area (Å²) >= 11 is 0.